The number of aliphatic carboxylic acids is 1. The molecule has 1 atom stereocenters. The normalized spacial score (nSPS) is 13.1. The van der Waals surface area contributed by atoms with Gasteiger partial charge in [-0.25, -0.2) is 0 Å². The van der Waals surface area contributed by atoms with E-state index in [9.17, 15) is 22.8 Å². The monoisotopic (exact) mass is 564 g/mol. The smallest absolute Gasteiger partial charge is 0.420 e. The van der Waals surface area contributed by atoms with E-state index in [-0.39, 0.29) is 16.8 Å². The number of hydrogen-bond acceptors (Lipinski definition) is 4. The van der Waals surface area contributed by atoms with Gasteiger partial charge in [-0.05, 0) is 51.7 Å². The van der Waals surface area contributed by atoms with Crippen molar-refractivity contribution in [3.05, 3.63) is 82.3 Å². The van der Waals surface area contributed by atoms with E-state index >= 15 is 0 Å². The van der Waals surface area contributed by atoms with Crippen LogP contribution >= 0.6 is 15.9 Å². The first-order valence-electron chi connectivity index (χ1n) is 10.9. The predicted octanol–water partition coefficient (Wildman–Crippen LogP) is 5.89. The van der Waals surface area contributed by atoms with Gasteiger partial charge in [0.25, 0.3) is 0 Å². The summed E-state index contributed by atoms with van der Waals surface area (Å²) in [6, 6.07) is 19.4. The second-order valence-electron chi connectivity index (χ2n) is 8.44. The van der Waals surface area contributed by atoms with Gasteiger partial charge in [-0.1, -0.05) is 54.6 Å². The second kappa shape index (κ2) is 11.1. The third-order valence-corrected chi connectivity index (χ3v) is 5.93. The van der Waals surface area contributed by atoms with E-state index in [0.717, 1.165) is 22.8 Å². The molecule has 0 saturated carbocycles. The second-order valence-corrected chi connectivity index (χ2v) is 9.29. The molecule has 1 amide bonds. The number of alkyl halides is 3. The van der Waals surface area contributed by atoms with Gasteiger partial charge in [-0.3, -0.25) is 9.59 Å². The van der Waals surface area contributed by atoms with Crippen LogP contribution in [0.3, 0.4) is 0 Å². The molecule has 0 unspecified atom stereocenters. The van der Waals surface area contributed by atoms with Gasteiger partial charge in [0.1, 0.15) is 16.9 Å². The summed E-state index contributed by atoms with van der Waals surface area (Å²) in [6.45, 7) is 1.16. The number of carboxylic acid groups (broad SMARTS) is 1. The van der Waals surface area contributed by atoms with Gasteiger partial charge in [-0.15, -0.1) is 0 Å². The highest BCUT2D eigenvalue weighted by Crippen LogP contribution is 2.42. The van der Waals surface area contributed by atoms with E-state index < -0.39 is 41.3 Å². The molecule has 0 aromatic heterocycles. The lowest BCUT2D eigenvalue weighted by Gasteiger charge is -2.23. The van der Waals surface area contributed by atoms with Gasteiger partial charge >= 0.3 is 12.1 Å². The Kier molecular flexibility index (Phi) is 8.42. The van der Waals surface area contributed by atoms with Crippen molar-refractivity contribution < 1.29 is 32.6 Å². The number of hydrogen-bond donors (Lipinski definition) is 3. The van der Waals surface area contributed by atoms with Crippen molar-refractivity contribution in [3.63, 3.8) is 0 Å². The lowest BCUT2D eigenvalue weighted by atomic mass is 9.98. The molecular weight excluding hydrogens is 541 g/mol. The zero-order chi connectivity index (χ0) is 26.5. The zero-order valence-electron chi connectivity index (χ0n) is 19.2. The van der Waals surface area contributed by atoms with Crippen LogP contribution in [0.25, 0.3) is 11.1 Å². The molecule has 0 fully saturated rings. The van der Waals surface area contributed by atoms with Gasteiger partial charge < -0.3 is 20.9 Å². The minimum absolute atomic E-state index is 0.0163. The van der Waals surface area contributed by atoms with Gasteiger partial charge in [0.15, 0.2) is 0 Å². The van der Waals surface area contributed by atoms with Gasteiger partial charge in [0, 0.05) is 12.1 Å². The van der Waals surface area contributed by atoms with Crippen LogP contribution < -0.4 is 15.8 Å². The fourth-order valence-electron chi connectivity index (χ4n) is 3.46. The number of ether oxygens (including phenoxy) is 1. The fourth-order valence-corrected chi connectivity index (χ4v) is 4.03. The Morgan fingerprint density at radius 2 is 1.64 bits per heavy atom. The first-order chi connectivity index (χ1) is 16.9. The number of rotatable bonds is 9. The molecule has 0 aliphatic heterocycles. The third-order valence-electron chi connectivity index (χ3n) is 5.34. The Hall–Kier alpha value is -3.37. The molecule has 3 aromatic rings. The summed E-state index contributed by atoms with van der Waals surface area (Å²) in [5, 5.41) is 11.1. The van der Waals surface area contributed by atoms with Crippen LogP contribution in [-0.4, -0.2) is 29.1 Å². The molecule has 0 spiro atoms. The maximum absolute atomic E-state index is 13.8. The standard InChI is InChI=1S/C26H24BrF3N2O4/c1-25(31,15-22(33)34)24(35)32-19-13-20(26(28,29)30)23(21(27)14-19)36-12-11-16-7-9-18(10-8-16)17-5-3-2-4-6-17/h2-10,13-14H,11-12,15,31H2,1H3,(H,32,35)(H,33,34)/t25-/m0/s1. The Morgan fingerprint density at radius 3 is 2.22 bits per heavy atom. The number of benzene rings is 3. The number of amides is 1. The Morgan fingerprint density at radius 1 is 1.03 bits per heavy atom. The molecule has 0 saturated heterocycles. The highest BCUT2D eigenvalue weighted by atomic mass is 79.9. The van der Waals surface area contributed by atoms with Crippen molar-refractivity contribution in [1.29, 1.82) is 0 Å². The molecule has 4 N–H and O–H groups in total. The minimum atomic E-state index is -4.77. The molecule has 10 heteroatoms. The van der Waals surface area contributed by atoms with Crippen LogP contribution in [0.4, 0.5) is 18.9 Å². The maximum Gasteiger partial charge on any atom is 0.420 e. The molecule has 3 rings (SSSR count). The van der Waals surface area contributed by atoms with E-state index in [4.69, 9.17) is 15.6 Å². The maximum atomic E-state index is 13.8. The summed E-state index contributed by atoms with van der Waals surface area (Å²) in [5.74, 6) is -2.66. The number of halogens is 4. The number of anilines is 1. The first kappa shape index (κ1) is 27.2. The van der Waals surface area contributed by atoms with Gasteiger partial charge in [-0.2, -0.15) is 13.2 Å². The van der Waals surface area contributed by atoms with Crippen molar-refractivity contribution in [2.24, 2.45) is 5.73 Å². The number of carbonyl (C=O) groups is 2. The average molecular weight is 565 g/mol. The van der Waals surface area contributed by atoms with Crippen molar-refractivity contribution in [3.8, 4) is 16.9 Å². The van der Waals surface area contributed by atoms with Crippen LogP contribution in [0.1, 0.15) is 24.5 Å². The third kappa shape index (κ3) is 7.08. The molecule has 0 aliphatic rings. The molecule has 0 heterocycles. The Bertz CT molecular complexity index is 1230. The summed E-state index contributed by atoms with van der Waals surface area (Å²) in [4.78, 5) is 23.3. The fraction of sp³-hybridized carbons (Fsp3) is 0.231. The molecular formula is C26H24BrF3N2O4. The zero-order valence-corrected chi connectivity index (χ0v) is 20.8. The predicted molar refractivity (Wildman–Crippen MR) is 134 cm³/mol. The molecule has 36 heavy (non-hydrogen) atoms. The van der Waals surface area contributed by atoms with Crippen molar-refractivity contribution in [1.82, 2.24) is 0 Å². The Balaban J connectivity index is 1.73. The van der Waals surface area contributed by atoms with Gasteiger partial charge in [0.2, 0.25) is 5.91 Å². The average Bonchev–Trinajstić information content (AvgIpc) is 2.79. The van der Waals surface area contributed by atoms with Crippen molar-refractivity contribution in [2.45, 2.75) is 31.5 Å². The molecule has 3 aromatic carbocycles. The largest absolute Gasteiger partial charge is 0.491 e. The van der Waals surface area contributed by atoms with Gasteiger partial charge in [0.05, 0.1) is 17.5 Å². The summed E-state index contributed by atoms with van der Waals surface area (Å²) in [6.07, 6.45) is -5.10. The van der Waals surface area contributed by atoms with Crippen LogP contribution in [0, 0.1) is 0 Å². The number of nitrogens with two attached hydrogens (primary N) is 1. The lowest BCUT2D eigenvalue weighted by Crippen LogP contribution is -2.50. The van der Waals surface area contributed by atoms with Crippen LogP contribution in [0.2, 0.25) is 0 Å². The Labute approximate surface area is 214 Å². The van der Waals surface area contributed by atoms with E-state index in [2.05, 4.69) is 21.2 Å². The van der Waals surface area contributed by atoms with E-state index in [1.165, 1.54) is 13.0 Å². The summed E-state index contributed by atoms with van der Waals surface area (Å²) in [7, 11) is 0. The van der Waals surface area contributed by atoms with E-state index in [1.807, 2.05) is 54.6 Å². The number of carboxylic acids is 1. The van der Waals surface area contributed by atoms with Crippen LogP contribution in [0.15, 0.2) is 71.2 Å². The quantitative estimate of drug-likeness (QED) is 0.301. The highest BCUT2D eigenvalue weighted by molar-refractivity contribution is 9.10. The number of nitrogens with one attached hydrogen (secondary N) is 1. The molecule has 0 bridgehead atoms. The highest BCUT2D eigenvalue weighted by Gasteiger charge is 2.37. The molecule has 0 radical (unpaired) electrons. The van der Waals surface area contributed by atoms with E-state index in [0.29, 0.717) is 6.42 Å². The van der Waals surface area contributed by atoms with E-state index in [1.54, 1.807) is 0 Å². The first-order valence-corrected chi connectivity index (χ1v) is 11.7. The minimum Gasteiger partial charge on any atom is -0.491 e. The van der Waals surface area contributed by atoms with Crippen molar-refractivity contribution in [2.75, 3.05) is 11.9 Å². The summed E-state index contributed by atoms with van der Waals surface area (Å²) < 4.78 is 46.9. The van der Waals surface area contributed by atoms with Crippen LogP contribution in [0.5, 0.6) is 5.75 Å². The topological polar surface area (TPSA) is 102 Å². The van der Waals surface area contributed by atoms with Crippen molar-refractivity contribution >= 4 is 33.5 Å². The van der Waals surface area contributed by atoms with Crippen LogP contribution in [-0.2, 0) is 22.2 Å². The summed E-state index contributed by atoms with van der Waals surface area (Å²) in [5.41, 5.74) is 5.57. The number of carbonyl (C=O) groups excluding carboxylic acids is 1. The lowest BCUT2D eigenvalue weighted by molar-refractivity contribution is -0.140. The molecule has 6 nitrogen and oxygen atoms in total. The molecule has 0 aliphatic carbocycles. The SMILES string of the molecule is C[C@](N)(CC(=O)O)C(=O)Nc1cc(Br)c(OCCc2ccc(-c3ccccc3)cc2)c(C(F)(F)F)c1. The summed E-state index contributed by atoms with van der Waals surface area (Å²) >= 11 is 3.09. The molecule has 190 valence electrons.